The van der Waals surface area contributed by atoms with Gasteiger partial charge in [-0.05, 0) is 12.1 Å². The Balaban J connectivity index is 0.000000202. The number of phosphoric acid groups is 1. The Morgan fingerprint density at radius 1 is 1.00 bits per heavy atom. The molecule has 0 amide bonds. The molecule has 17 heavy (non-hydrogen) atoms. The zero-order chi connectivity index (χ0) is 12.6. The molecule has 96 valence electrons. The fourth-order valence-corrected chi connectivity index (χ4v) is 1.62. The van der Waals surface area contributed by atoms with E-state index in [2.05, 4.69) is 15.2 Å². The molecule has 0 aromatic heterocycles. The van der Waals surface area contributed by atoms with E-state index in [1.165, 1.54) is 12.1 Å². The van der Waals surface area contributed by atoms with Crippen LogP contribution in [0.2, 0.25) is 0 Å². The van der Waals surface area contributed by atoms with Crippen LogP contribution in [-0.4, -0.2) is 36.0 Å². The van der Waals surface area contributed by atoms with E-state index in [1.54, 1.807) is 18.2 Å². The standard InChI is InChI=1S/C6H7O4P.C4H10N2/c7-11(8,9)10-6-4-2-1-3-5-6;1-2-6-4-3-5-1/h1-5H,(H2,7,8,9);5-6H,1-4H2. The molecule has 7 heteroatoms. The van der Waals surface area contributed by atoms with Crippen LogP contribution in [0.1, 0.15) is 0 Å². The molecule has 1 saturated heterocycles. The number of benzene rings is 1. The maximum Gasteiger partial charge on any atom is 0.524 e. The summed E-state index contributed by atoms with van der Waals surface area (Å²) in [6.07, 6.45) is 0. The van der Waals surface area contributed by atoms with Gasteiger partial charge in [0, 0.05) is 26.2 Å². The average molecular weight is 260 g/mol. The van der Waals surface area contributed by atoms with Crippen LogP contribution in [0.3, 0.4) is 0 Å². The number of hydrogen-bond acceptors (Lipinski definition) is 4. The lowest BCUT2D eigenvalue weighted by Crippen LogP contribution is -2.39. The second-order valence-electron chi connectivity index (χ2n) is 3.39. The Labute approximate surface area is 100 Å². The van der Waals surface area contributed by atoms with Gasteiger partial charge in [-0.2, -0.15) is 0 Å². The van der Waals surface area contributed by atoms with Crippen LogP contribution in [-0.2, 0) is 4.57 Å². The molecule has 0 bridgehead atoms. The summed E-state index contributed by atoms with van der Waals surface area (Å²) in [5.41, 5.74) is 0. The molecular weight excluding hydrogens is 243 g/mol. The molecule has 0 saturated carbocycles. The molecule has 0 unspecified atom stereocenters. The number of hydrogen-bond donors (Lipinski definition) is 4. The minimum Gasteiger partial charge on any atom is -0.404 e. The monoisotopic (exact) mass is 260 g/mol. The van der Waals surface area contributed by atoms with Gasteiger partial charge in [0.1, 0.15) is 5.75 Å². The zero-order valence-electron chi connectivity index (χ0n) is 9.37. The number of phosphoric ester groups is 1. The van der Waals surface area contributed by atoms with E-state index >= 15 is 0 Å². The molecule has 6 nitrogen and oxygen atoms in total. The van der Waals surface area contributed by atoms with E-state index in [1.807, 2.05) is 0 Å². The van der Waals surface area contributed by atoms with Crippen molar-refractivity contribution in [2.75, 3.05) is 26.2 Å². The maximum absolute atomic E-state index is 10.3. The van der Waals surface area contributed by atoms with E-state index in [0.717, 1.165) is 26.2 Å². The van der Waals surface area contributed by atoms with Crippen molar-refractivity contribution < 1.29 is 18.9 Å². The molecule has 4 N–H and O–H groups in total. The fraction of sp³-hybridized carbons (Fsp3) is 0.400. The lowest BCUT2D eigenvalue weighted by atomic mass is 10.3. The Morgan fingerprint density at radius 3 is 1.82 bits per heavy atom. The lowest BCUT2D eigenvalue weighted by Gasteiger charge is -2.11. The quantitative estimate of drug-likeness (QED) is 0.573. The first-order valence-corrected chi connectivity index (χ1v) is 6.82. The summed E-state index contributed by atoms with van der Waals surface area (Å²) in [6.45, 7) is 4.56. The van der Waals surface area contributed by atoms with Crippen LogP contribution in [0.5, 0.6) is 5.75 Å². The predicted octanol–water partition coefficient (Wildman–Crippen LogP) is 0.337. The molecule has 1 aliphatic heterocycles. The summed E-state index contributed by atoms with van der Waals surface area (Å²) >= 11 is 0. The van der Waals surface area contributed by atoms with Gasteiger partial charge in [0.2, 0.25) is 0 Å². The fourth-order valence-electron chi connectivity index (χ4n) is 1.22. The summed E-state index contributed by atoms with van der Waals surface area (Å²) < 4.78 is 14.5. The topological polar surface area (TPSA) is 90.8 Å². The van der Waals surface area contributed by atoms with Crippen molar-refractivity contribution in [3.63, 3.8) is 0 Å². The SMILES string of the molecule is C1CNCCN1.O=P(O)(O)Oc1ccccc1. The second-order valence-corrected chi connectivity index (χ2v) is 4.56. The maximum atomic E-state index is 10.3. The minimum atomic E-state index is -4.39. The van der Waals surface area contributed by atoms with Crippen LogP contribution >= 0.6 is 7.82 Å². The van der Waals surface area contributed by atoms with Crippen LogP contribution in [0.25, 0.3) is 0 Å². The van der Waals surface area contributed by atoms with Gasteiger partial charge in [0.15, 0.2) is 0 Å². The Bertz CT molecular complexity index is 339. The number of para-hydroxylation sites is 1. The third-order valence-corrected chi connectivity index (χ3v) is 2.37. The number of rotatable bonds is 2. The van der Waals surface area contributed by atoms with E-state index in [9.17, 15) is 4.57 Å². The highest BCUT2D eigenvalue weighted by Crippen LogP contribution is 2.36. The highest BCUT2D eigenvalue weighted by Gasteiger charge is 2.14. The normalized spacial score (nSPS) is 15.6. The predicted molar refractivity (Wildman–Crippen MR) is 64.9 cm³/mol. The van der Waals surface area contributed by atoms with Crippen molar-refractivity contribution in [3.8, 4) is 5.75 Å². The van der Waals surface area contributed by atoms with Gasteiger partial charge >= 0.3 is 7.82 Å². The molecule has 0 radical (unpaired) electrons. The minimum absolute atomic E-state index is 0.167. The molecule has 0 spiro atoms. The number of piperazine rings is 1. The van der Waals surface area contributed by atoms with Crippen LogP contribution < -0.4 is 15.2 Å². The highest BCUT2D eigenvalue weighted by molar-refractivity contribution is 7.46. The summed E-state index contributed by atoms with van der Waals surface area (Å²) in [4.78, 5) is 16.7. The van der Waals surface area contributed by atoms with Gasteiger partial charge in [-0.15, -0.1) is 0 Å². The molecule has 1 aromatic carbocycles. The molecule has 0 atom stereocenters. The first-order chi connectivity index (χ1) is 8.08. The molecule has 1 fully saturated rings. The second kappa shape index (κ2) is 7.42. The molecule has 0 aliphatic carbocycles. The first-order valence-electron chi connectivity index (χ1n) is 5.29. The van der Waals surface area contributed by atoms with Crippen LogP contribution in [0.4, 0.5) is 0 Å². The Morgan fingerprint density at radius 2 is 1.47 bits per heavy atom. The van der Waals surface area contributed by atoms with E-state index in [0.29, 0.717) is 0 Å². The zero-order valence-corrected chi connectivity index (χ0v) is 10.3. The smallest absolute Gasteiger partial charge is 0.404 e. The lowest BCUT2D eigenvalue weighted by molar-refractivity contribution is 0.283. The third kappa shape index (κ3) is 7.90. The van der Waals surface area contributed by atoms with Crippen molar-refractivity contribution in [2.24, 2.45) is 0 Å². The van der Waals surface area contributed by atoms with Gasteiger partial charge < -0.3 is 15.2 Å². The largest absolute Gasteiger partial charge is 0.524 e. The van der Waals surface area contributed by atoms with Crippen molar-refractivity contribution >= 4 is 7.82 Å². The number of nitrogens with one attached hydrogen (secondary N) is 2. The molecule has 1 aromatic rings. The van der Waals surface area contributed by atoms with Crippen molar-refractivity contribution in [2.45, 2.75) is 0 Å². The molecular formula is C10H17N2O4P. The van der Waals surface area contributed by atoms with Gasteiger partial charge in [0.05, 0.1) is 0 Å². The summed E-state index contributed by atoms with van der Waals surface area (Å²) in [5.74, 6) is 0.167. The molecule has 2 rings (SSSR count). The van der Waals surface area contributed by atoms with E-state index in [-0.39, 0.29) is 5.75 Å². The van der Waals surface area contributed by atoms with Crippen molar-refractivity contribution in [3.05, 3.63) is 30.3 Å². The Kier molecular flexibility index (Phi) is 6.18. The van der Waals surface area contributed by atoms with Crippen molar-refractivity contribution in [1.82, 2.24) is 10.6 Å². The summed E-state index contributed by atoms with van der Waals surface area (Å²) in [5, 5.41) is 6.44. The van der Waals surface area contributed by atoms with E-state index < -0.39 is 7.82 Å². The van der Waals surface area contributed by atoms with Gasteiger partial charge in [0.25, 0.3) is 0 Å². The Hall–Kier alpha value is -0.910. The van der Waals surface area contributed by atoms with Gasteiger partial charge in [-0.3, -0.25) is 9.79 Å². The van der Waals surface area contributed by atoms with Crippen molar-refractivity contribution in [1.29, 1.82) is 0 Å². The average Bonchev–Trinajstić information content (AvgIpc) is 2.31. The molecule has 1 heterocycles. The van der Waals surface area contributed by atoms with Crippen LogP contribution in [0.15, 0.2) is 30.3 Å². The first kappa shape index (κ1) is 14.2. The van der Waals surface area contributed by atoms with Crippen LogP contribution in [0, 0.1) is 0 Å². The summed E-state index contributed by atoms with van der Waals surface area (Å²) in [7, 11) is -4.39. The van der Waals surface area contributed by atoms with E-state index in [4.69, 9.17) is 9.79 Å². The summed E-state index contributed by atoms with van der Waals surface area (Å²) in [6, 6.07) is 7.93. The third-order valence-electron chi connectivity index (χ3n) is 1.92. The van der Waals surface area contributed by atoms with Gasteiger partial charge in [-0.25, -0.2) is 4.57 Å². The molecule has 1 aliphatic rings. The van der Waals surface area contributed by atoms with Gasteiger partial charge in [-0.1, -0.05) is 18.2 Å². The highest BCUT2D eigenvalue weighted by atomic mass is 31.2.